The molecule has 0 aromatic rings. The van der Waals surface area contributed by atoms with E-state index in [9.17, 15) is 4.79 Å². The Kier molecular flexibility index (Phi) is 4.19. The fraction of sp³-hybridized carbons (Fsp3) is 0.875. The van der Waals surface area contributed by atoms with Crippen molar-refractivity contribution in [3.8, 4) is 0 Å². The van der Waals surface area contributed by atoms with Crippen LogP contribution in [0.4, 0.5) is 0 Å². The van der Waals surface area contributed by atoms with Crippen molar-refractivity contribution in [1.82, 2.24) is 0 Å². The molecule has 150 valence electrons. The van der Waals surface area contributed by atoms with Crippen molar-refractivity contribution in [2.24, 2.45) is 34.5 Å². The highest BCUT2D eigenvalue weighted by Gasteiger charge is 2.69. The SMILES string of the molecule is CC[C@]12CC(=O)[C@H]3[C@@H](CCC4=CCCC[C@@H]43)[C@@H]1CCC21OCC(C)(C)CO1. The first-order valence-electron chi connectivity index (χ1n) is 11.4. The Hall–Kier alpha value is -0.670. The predicted octanol–water partition coefficient (Wildman–Crippen LogP) is 5.29. The highest BCUT2D eigenvalue weighted by Crippen LogP contribution is 2.67. The number of carbonyl (C=O) groups excluding carboxylic acids is 1. The van der Waals surface area contributed by atoms with Crippen LogP contribution in [0.2, 0.25) is 0 Å². The third kappa shape index (κ3) is 2.50. The molecule has 4 aliphatic carbocycles. The van der Waals surface area contributed by atoms with Crippen LogP contribution in [0.25, 0.3) is 0 Å². The number of rotatable bonds is 1. The van der Waals surface area contributed by atoms with Gasteiger partial charge < -0.3 is 9.47 Å². The molecule has 0 unspecified atom stereocenters. The summed E-state index contributed by atoms with van der Waals surface area (Å²) >= 11 is 0. The Balaban J connectivity index is 1.49. The molecular formula is C24H36O3. The molecule has 0 N–H and O–H groups in total. The highest BCUT2D eigenvalue weighted by atomic mass is 16.7. The molecule has 0 aromatic carbocycles. The van der Waals surface area contributed by atoms with Crippen LogP contribution in [0.5, 0.6) is 0 Å². The van der Waals surface area contributed by atoms with Crippen molar-refractivity contribution < 1.29 is 14.3 Å². The summed E-state index contributed by atoms with van der Waals surface area (Å²) in [5, 5.41) is 0. The minimum atomic E-state index is -0.509. The lowest BCUT2D eigenvalue weighted by Crippen LogP contribution is -2.61. The minimum Gasteiger partial charge on any atom is -0.349 e. The summed E-state index contributed by atoms with van der Waals surface area (Å²) in [5.41, 5.74) is 1.59. The van der Waals surface area contributed by atoms with E-state index < -0.39 is 5.79 Å². The van der Waals surface area contributed by atoms with Gasteiger partial charge in [0.15, 0.2) is 5.79 Å². The molecule has 0 amide bonds. The second kappa shape index (κ2) is 6.16. The molecule has 0 aromatic heterocycles. The number of ether oxygens (including phenoxy) is 2. The topological polar surface area (TPSA) is 35.5 Å². The normalized spacial score (nSPS) is 45.0. The van der Waals surface area contributed by atoms with Crippen LogP contribution in [0, 0.1) is 34.5 Å². The third-order valence-electron chi connectivity index (χ3n) is 8.92. The predicted molar refractivity (Wildman–Crippen MR) is 105 cm³/mol. The molecule has 3 heteroatoms. The molecule has 5 rings (SSSR count). The maximum atomic E-state index is 13.6. The second-order valence-electron chi connectivity index (χ2n) is 10.8. The summed E-state index contributed by atoms with van der Waals surface area (Å²) in [4.78, 5) is 13.6. The number of hydrogen-bond donors (Lipinski definition) is 0. The Morgan fingerprint density at radius 1 is 1.15 bits per heavy atom. The largest absolute Gasteiger partial charge is 0.349 e. The van der Waals surface area contributed by atoms with Crippen LogP contribution in [0.3, 0.4) is 0 Å². The first kappa shape index (κ1) is 18.4. The van der Waals surface area contributed by atoms with E-state index >= 15 is 0 Å². The molecule has 4 fully saturated rings. The van der Waals surface area contributed by atoms with E-state index in [-0.39, 0.29) is 16.7 Å². The maximum absolute atomic E-state index is 13.6. The highest BCUT2D eigenvalue weighted by molar-refractivity contribution is 5.84. The molecule has 5 aliphatic rings. The molecule has 1 spiro atoms. The Morgan fingerprint density at radius 2 is 1.93 bits per heavy atom. The van der Waals surface area contributed by atoms with Crippen LogP contribution in [0.1, 0.15) is 78.6 Å². The molecular weight excluding hydrogens is 336 g/mol. The van der Waals surface area contributed by atoms with Gasteiger partial charge in [-0.1, -0.05) is 32.4 Å². The summed E-state index contributed by atoms with van der Waals surface area (Å²) < 4.78 is 13.1. The lowest BCUT2D eigenvalue weighted by atomic mass is 9.50. The molecule has 3 saturated carbocycles. The average Bonchev–Trinajstić information content (AvgIpc) is 2.98. The zero-order chi connectivity index (χ0) is 18.9. The van der Waals surface area contributed by atoms with E-state index in [0.717, 1.165) is 26.1 Å². The summed E-state index contributed by atoms with van der Waals surface area (Å²) in [6.45, 7) is 8.20. The standard InChI is InChI=1S/C24H36O3/c1-4-23-13-20(25)21-17-8-6-5-7-16(17)9-10-18(21)19(23)11-12-24(23)26-14-22(2,3)15-27-24/h7,17-19,21H,4-6,8-15H2,1-3H3/t17-,18-,19-,21+,23-/m0/s1. The van der Waals surface area contributed by atoms with Crippen LogP contribution < -0.4 is 0 Å². The van der Waals surface area contributed by atoms with Gasteiger partial charge in [-0.05, 0) is 62.7 Å². The van der Waals surface area contributed by atoms with Gasteiger partial charge in [-0.2, -0.15) is 0 Å². The number of carbonyl (C=O) groups is 1. The first-order chi connectivity index (χ1) is 12.9. The van der Waals surface area contributed by atoms with Gasteiger partial charge in [-0.25, -0.2) is 0 Å². The van der Waals surface area contributed by atoms with Gasteiger partial charge in [-0.3, -0.25) is 4.79 Å². The van der Waals surface area contributed by atoms with Crippen molar-refractivity contribution >= 4 is 5.78 Å². The quantitative estimate of drug-likeness (QED) is 0.587. The fourth-order valence-electron chi connectivity index (χ4n) is 7.65. The summed E-state index contributed by atoms with van der Waals surface area (Å²) in [6.07, 6.45) is 12.4. The maximum Gasteiger partial charge on any atom is 0.174 e. The zero-order valence-electron chi connectivity index (χ0n) is 17.4. The monoisotopic (exact) mass is 372 g/mol. The minimum absolute atomic E-state index is 0.0755. The van der Waals surface area contributed by atoms with E-state index in [4.69, 9.17) is 9.47 Å². The summed E-state index contributed by atoms with van der Waals surface area (Å²) in [6, 6.07) is 0. The molecule has 0 bridgehead atoms. The number of fused-ring (bicyclic) bond motifs is 6. The number of hydrogen-bond acceptors (Lipinski definition) is 3. The first-order valence-corrected chi connectivity index (χ1v) is 11.4. The van der Waals surface area contributed by atoms with Crippen molar-refractivity contribution in [1.29, 1.82) is 0 Å². The van der Waals surface area contributed by atoms with E-state index in [1.54, 1.807) is 5.57 Å². The molecule has 27 heavy (non-hydrogen) atoms. The molecule has 5 atom stereocenters. The van der Waals surface area contributed by atoms with Crippen molar-refractivity contribution in [3.05, 3.63) is 11.6 Å². The lowest BCUT2D eigenvalue weighted by Gasteiger charge is -2.58. The van der Waals surface area contributed by atoms with Gasteiger partial charge in [0.05, 0.1) is 13.2 Å². The number of ketones is 1. The van der Waals surface area contributed by atoms with E-state index in [2.05, 4.69) is 26.8 Å². The Bertz CT molecular complexity index is 653. The smallest absolute Gasteiger partial charge is 0.174 e. The molecule has 1 aliphatic heterocycles. The van der Waals surface area contributed by atoms with Crippen LogP contribution in [-0.2, 0) is 14.3 Å². The Morgan fingerprint density at radius 3 is 2.67 bits per heavy atom. The lowest BCUT2D eigenvalue weighted by molar-refractivity contribution is -0.347. The van der Waals surface area contributed by atoms with Gasteiger partial charge >= 0.3 is 0 Å². The van der Waals surface area contributed by atoms with Gasteiger partial charge in [0, 0.05) is 29.6 Å². The molecule has 3 nitrogen and oxygen atoms in total. The van der Waals surface area contributed by atoms with Crippen molar-refractivity contribution in [3.63, 3.8) is 0 Å². The molecule has 1 heterocycles. The fourth-order valence-corrected chi connectivity index (χ4v) is 7.65. The number of Topliss-reactive ketones (excluding diaryl/α,β-unsaturated/α-hetero) is 1. The summed E-state index contributed by atoms with van der Waals surface area (Å²) in [5.74, 6) is 1.98. The average molecular weight is 373 g/mol. The van der Waals surface area contributed by atoms with E-state index in [1.165, 1.54) is 38.5 Å². The van der Waals surface area contributed by atoms with Crippen LogP contribution in [0.15, 0.2) is 11.6 Å². The third-order valence-corrected chi connectivity index (χ3v) is 8.92. The van der Waals surface area contributed by atoms with Crippen molar-refractivity contribution in [2.75, 3.05) is 13.2 Å². The molecule has 1 saturated heterocycles. The summed E-state index contributed by atoms with van der Waals surface area (Å²) in [7, 11) is 0. The van der Waals surface area contributed by atoms with Gasteiger partial charge in [0.1, 0.15) is 5.78 Å². The van der Waals surface area contributed by atoms with Crippen molar-refractivity contribution in [2.45, 2.75) is 84.3 Å². The van der Waals surface area contributed by atoms with Gasteiger partial charge in [0.2, 0.25) is 0 Å². The Labute approximate surface area is 164 Å². The second-order valence-corrected chi connectivity index (χ2v) is 10.8. The van der Waals surface area contributed by atoms with E-state index in [0.29, 0.717) is 30.0 Å². The van der Waals surface area contributed by atoms with Crippen LogP contribution >= 0.6 is 0 Å². The number of allylic oxidation sites excluding steroid dienone is 2. The zero-order valence-corrected chi connectivity index (χ0v) is 17.4. The van der Waals surface area contributed by atoms with Gasteiger partial charge in [0.25, 0.3) is 0 Å². The van der Waals surface area contributed by atoms with Crippen LogP contribution in [-0.4, -0.2) is 24.8 Å². The van der Waals surface area contributed by atoms with Gasteiger partial charge in [-0.15, -0.1) is 0 Å². The van der Waals surface area contributed by atoms with E-state index in [1.807, 2.05) is 0 Å². The molecule has 0 radical (unpaired) electrons.